The molecule has 0 fully saturated rings. The van der Waals surface area contributed by atoms with Gasteiger partial charge in [0.25, 0.3) is 0 Å². The van der Waals surface area contributed by atoms with E-state index in [2.05, 4.69) is 43.7 Å². The van der Waals surface area contributed by atoms with Gasteiger partial charge < -0.3 is 4.43 Å². The van der Waals surface area contributed by atoms with E-state index in [1.165, 1.54) is 11.1 Å². The van der Waals surface area contributed by atoms with Crippen molar-refractivity contribution in [3.8, 4) is 0 Å². The number of rotatable bonds is 4. The summed E-state index contributed by atoms with van der Waals surface area (Å²) in [5.74, 6) is 0. The molecule has 5 heteroatoms. The maximum Gasteiger partial charge on any atom is 0.192 e. The lowest BCUT2D eigenvalue weighted by atomic mass is 10.0. The van der Waals surface area contributed by atoms with Gasteiger partial charge in [-0.3, -0.25) is 4.90 Å². The van der Waals surface area contributed by atoms with E-state index in [1.54, 1.807) is 0 Å². The highest BCUT2D eigenvalue weighted by Gasteiger charge is 2.37. The van der Waals surface area contributed by atoms with Crippen LogP contribution in [0.3, 0.4) is 0 Å². The SMILES string of the molecule is CC(C)(C)[Si](C)(C)OCCN1CCc2cc(Cl)ncc2C1. The van der Waals surface area contributed by atoms with E-state index in [0.29, 0.717) is 5.15 Å². The zero-order chi connectivity index (χ0) is 15.7. The van der Waals surface area contributed by atoms with Crippen molar-refractivity contribution in [1.29, 1.82) is 0 Å². The summed E-state index contributed by atoms with van der Waals surface area (Å²) >= 11 is 5.95. The topological polar surface area (TPSA) is 25.4 Å². The van der Waals surface area contributed by atoms with Gasteiger partial charge in [-0.25, -0.2) is 4.98 Å². The molecule has 1 aromatic rings. The largest absolute Gasteiger partial charge is 0.416 e. The van der Waals surface area contributed by atoms with Crippen LogP contribution >= 0.6 is 11.6 Å². The molecule has 3 nitrogen and oxygen atoms in total. The molecule has 0 bridgehead atoms. The second-order valence-electron chi connectivity index (χ2n) is 7.41. The molecule has 21 heavy (non-hydrogen) atoms. The number of nitrogens with zero attached hydrogens (tertiary/aromatic N) is 2. The van der Waals surface area contributed by atoms with Crippen LogP contribution in [0.1, 0.15) is 31.9 Å². The third-order valence-corrected chi connectivity index (χ3v) is 9.56. The summed E-state index contributed by atoms with van der Waals surface area (Å²) in [7, 11) is -1.63. The average Bonchev–Trinajstić information content (AvgIpc) is 2.37. The first-order valence-electron chi connectivity index (χ1n) is 7.69. The Bertz CT molecular complexity index is 500. The Kier molecular flexibility index (Phi) is 5.13. The van der Waals surface area contributed by atoms with Crippen molar-refractivity contribution in [1.82, 2.24) is 9.88 Å². The van der Waals surface area contributed by atoms with Gasteiger partial charge in [0, 0.05) is 32.4 Å². The van der Waals surface area contributed by atoms with Gasteiger partial charge in [-0.1, -0.05) is 32.4 Å². The molecule has 118 valence electrons. The van der Waals surface area contributed by atoms with Crippen LogP contribution in [0, 0.1) is 0 Å². The van der Waals surface area contributed by atoms with Crippen LogP contribution in [0.5, 0.6) is 0 Å². The van der Waals surface area contributed by atoms with Crippen molar-refractivity contribution >= 4 is 19.9 Å². The van der Waals surface area contributed by atoms with Crippen LogP contribution in [0.15, 0.2) is 12.3 Å². The summed E-state index contributed by atoms with van der Waals surface area (Å²) < 4.78 is 6.26. The second kappa shape index (κ2) is 6.37. The molecule has 0 saturated carbocycles. The van der Waals surface area contributed by atoms with E-state index < -0.39 is 8.32 Å². The molecule has 0 aromatic carbocycles. The molecule has 1 aliphatic rings. The molecule has 0 aliphatic carbocycles. The Hall–Kier alpha value is -0.423. The minimum atomic E-state index is -1.63. The van der Waals surface area contributed by atoms with E-state index in [4.69, 9.17) is 16.0 Å². The van der Waals surface area contributed by atoms with Crippen molar-refractivity contribution in [2.45, 2.75) is 51.9 Å². The molecule has 1 aromatic heterocycles. The Labute approximate surface area is 134 Å². The molecule has 0 amide bonds. The molecule has 0 unspecified atom stereocenters. The minimum absolute atomic E-state index is 0.280. The van der Waals surface area contributed by atoms with Crippen molar-refractivity contribution < 1.29 is 4.43 Å². The zero-order valence-electron chi connectivity index (χ0n) is 13.9. The van der Waals surface area contributed by atoms with Crippen LogP contribution in [-0.2, 0) is 17.4 Å². The van der Waals surface area contributed by atoms with Gasteiger partial charge in [0.2, 0.25) is 0 Å². The van der Waals surface area contributed by atoms with Gasteiger partial charge in [0.15, 0.2) is 8.32 Å². The zero-order valence-corrected chi connectivity index (χ0v) is 15.6. The first kappa shape index (κ1) is 16.9. The van der Waals surface area contributed by atoms with Crippen LogP contribution in [-0.4, -0.2) is 37.9 Å². The lowest BCUT2D eigenvalue weighted by Crippen LogP contribution is -2.43. The summed E-state index contributed by atoms with van der Waals surface area (Å²) in [4.78, 5) is 6.64. The summed E-state index contributed by atoms with van der Waals surface area (Å²) in [6.45, 7) is 15.3. The number of halogens is 1. The van der Waals surface area contributed by atoms with E-state index in [1.807, 2.05) is 12.3 Å². The minimum Gasteiger partial charge on any atom is -0.416 e. The predicted octanol–water partition coefficient (Wildman–Crippen LogP) is 4.11. The average molecular weight is 327 g/mol. The normalized spacial score (nSPS) is 16.9. The summed E-state index contributed by atoms with van der Waals surface area (Å²) in [5.41, 5.74) is 2.65. The van der Waals surface area contributed by atoms with E-state index >= 15 is 0 Å². The molecular weight excluding hydrogens is 300 g/mol. The molecule has 0 atom stereocenters. The Morgan fingerprint density at radius 3 is 2.71 bits per heavy atom. The molecular formula is C16H27ClN2OSi. The van der Waals surface area contributed by atoms with E-state index in [0.717, 1.165) is 32.7 Å². The van der Waals surface area contributed by atoms with Gasteiger partial charge in [0.05, 0.1) is 0 Å². The fourth-order valence-electron chi connectivity index (χ4n) is 2.31. The van der Waals surface area contributed by atoms with Gasteiger partial charge in [-0.2, -0.15) is 0 Å². The summed E-state index contributed by atoms with van der Waals surface area (Å²) in [5, 5.41) is 0.880. The first-order chi connectivity index (χ1) is 9.69. The maximum absolute atomic E-state index is 6.26. The highest BCUT2D eigenvalue weighted by molar-refractivity contribution is 6.74. The van der Waals surface area contributed by atoms with Gasteiger partial charge >= 0.3 is 0 Å². The number of hydrogen-bond donors (Lipinski definition) is 0. The Morgan fingerprint density at radius 1 is 1.33 bits per heavy atom. The van der Waals surface area contributed by atoms with Crippen LogP contribution in [0.25, 0.3) is 0 Å². The number of aromatic nitrogens is 1. The fourth-order valence-corrected chi connectivity index (χ4v) is 3.52. The monoisotopic (exact) mass is 326 g/mol. The number of fused-ring (bicyclic) bond motifs is 1. The van der Waals surface area contributed by atoms with Gasteiger partial charge in [-0.05, 0) is 41.7 Å². The van der Waals surface area contributed by atoms with Crippen molar-refractivity contribution in [2.75, 3.05) is 19.7 Å². The maximum atomic E-state index is 6.26. The van der Waals surface area contributed by atoms with Gasteiger partial charge in [0.1, 0.15) is 5.15 Å². The predicted molar refractivity (Wildman–Crippen MR) is 91.4 cm³/mol. The third kappa shape index (κ3) is 4.28. The highest BCUT2D eigenvalue weighted by Crippen LogP contribution is 2.36. The lowest BCUT2D eigenvalue weighted by molar-refractivity contribution is 0.186. The van der Waals surface area contributed by atoms with Crippen molar-refractivity contribution in [3.05, 3.63) is 28.5 Å². The molecule has 2 heterocycles. The summed E-state index contributed by atoms with van der Waals surface area (Å²) in [6, 6.07) is 2.00. The first-order valence-corrected chi connectivity index (χ1v) is 11.0. The fraction of sp³-hybridized carbons (Fsp3) is 0.688. The summed E-state index contributed by atoms with van der Waals surface area (Å²) in [6.07, 6.45) is 2.97. The highest BCUT2D eigenvalue weighted by atomic mass is 35.5. The van der Waals surface area contributed by atoms with E-state index in [-0.39, 0.29) is 5.04 Å². The van der Waals surface area contributed by atoms with Crippen LogP contribution < -0.4 is 0 Å². The van der Waals surface area contributed by atoms with Crippen molar-refractivity contribution in [3.63, 3.8) is 0 Å². The van der Waals surface area contributed by atoms with E-state index in [9.17, 15) is 0 Å². The van der Waals surface area contributed by atoms with Crippen molar-refractivity contribution in [2.24, 2.45) is 0 Å². The standard InChI is InChI=1S/C16H27ClN2OSi/c1-16(2,3)21(4,5)20-9-8-19-7-6-13-10-15(17)18-11-14(13)12-19/h10-11H,6-9,12H2,1-5H3. The van der Waals surface area contributed by atoms with Gasteiger partial charge in [-0.15, -0.1) is 0 Å². The Balaban J connectivity index is 1.85. The quantitative estimate of drug-likeness (QED) is 0.615. The molecule has 0 spiro atoms. The van der Waals surface area contributed by atoms with Crippen LogP contribution in [0.2, 0.25) is 23.3 Å². The molecule has 0 radical (unpaired) electrons. The molecule has 0 N–H and O–H groups in total. The molecule has 0 saturated heterocycles. The Morgan fingerprint density at radius 2 is 2.05 bits per heavy atom. The molecule has 2 rings (SSSR count). The number of pyridine rings is 1. The lowest BCUT2D eigenvalue weighted by Gasteiger charge is -2.37. The van der Waals surface area contributed by atoms with Crippen LogP contribution in [0.4, 0.5) is 0 Å². The third-order valence-electron chi connectivity index (χ3n) is 4.82. The second-order valence-corrected chi connectivity index (χ2v) is 12.6. The molecule has 1 aliphatic heterocycles. The number of hydrogen-bond acceptors (Lipinski definition) is 3. The smallest absolute Gasteiger partial charge is 0.192 e.